The summed E-state index contributed by atoms with van der Waals surface area (Å²) in [4.78, 5) is 19.1. The number of aromatic nitrogens is 1. The maximum Gasteiger partial charge on any atom is 0.223 e. The van der Waals surface area contributed by atoms with Gasteiger partial charge in [0.15, 0.2) is 11.7 Å². The van der Waals surface area contributed by atoms with E-state index in [0.717, 1.165) is 42.0 Å². The topological polar surface area (TPSA) is 46.3 Å². The summed E-state index contributed by atoms with van der Waals surface area (Å²) in [6, 6.07) is 15.5. The number of nitrogens with zero attached hydrogens (tertiary/aromatic N) is 2. The molecule has 4 rings (SSSR count). The molecular weight excluding hydrogens is 407 g/mol. The van der Waals surface area contributed by atoms with Crippen molar-refractivity contribution in [3.05, 3.63) is 76.2 Å². The van der Waals surface area contributed by atoms with Crippen molar-refractivity contribution in [1.82, 2.24) is 9.88 Å². The molecule has 1 fully saturated rings. The summed E-state index contributed by atoms with van der Waals surface area (Å²) in [7, 11) is 0. The first kappa shape index (κ1) is 20.0. The summed E-state index contributed by atoms with van der Waals surface area (Å²) >= 11 is 12.5. The zero-order valence-corrected chi connectivity index (χ0v) is 17.5. The lowest BCUT2D eigenvalue weighted by Crippen LogP contribution is -2.37. The minimum atomic E-state index is 0.136. The molecule has 0 saturated carbocycles. The van der Waals surface area contributed by atoms with Crippen LogP contribution in [-0.2, 0) is 17.6 Å². The number of rotatable bonds is 6. The summed E-state index contributed by atoms with van der Waals surface area (Å²) in [5, 5.41) is 1.38. The Bertz CT molecular complexity index is 1000. The number of benzene rings is 2. The summed E-state index contributed by atoms with van der Waals surface area (Å²) in [5.41, 5.74) is 1.90. The summed E-state index contributed by atoms with van der Waals surface area (Å²) < 4.78 is 5.82. The molecule has 1 amide bonds. The second-order valence-corrected chi connectivity index (χ2v) is 8.09. The fraction of sp³-hybridized carbons (Fsp3) is 0.304. The van der Waals surface area contributed by atoms with Crippen LogP contribution in [0, 0.1) is 0 Å². The van der Waals surface area contributed by atoms with Gasteiger partial charge < -0.3 is 9.32 Å². The van der Waals surface area contributed by atoms with E-state index in [4.69, 9.17) is 27.6 Å². The van der Waals surface area contributed by atoms with Crippen LogP contribution in [0.4, 0.5) is 0 Å². The fourth-order valence-corrected chi connectivity index (χ4v) is 4.30. The van der Waals surface area contributed by atoms with E-state index in [-0.39, 0.29) is 11.9 Å². The van der Waals surface area contributed by atoms with Crippen molar-refractivity contribution in [1.29, 1.82) is 0 Å². The number of carbonyl (C=O) groups excluding carboxylic acids is 1. The third-order valence-electron chi connectivity index (χ3n) is 5.36. The summed E-state index contributed by atoms with van der Waals surface area (Å²) in [6.07, 6.45) is 5.33. The van der Waals surface area contributed by atoms with Crippen LogP contribution in [-0.4, -0.2) is 28.4 Å². The van der Waals surface area contributed by atoms with Crippen LogP contribution < -0.4 is 0 Å². The number of oxazole rings is 1. The first-order valence-corrected chi connectivity index (χ1v) is 10.6. The molecule has 2 heterocycles. The molecule has 6 heteroatoms. The predicted molar refractivity (Wildman–Crippen MR) is 115 cm³/mol. The van der Waals surface area contributed by atoms with Gasteiger partial charge in [-0.2, -0.15) is 0 Å². The molecular formula is C23H22Cl2N2O2. The minimum absolute atomic E-state index is 0.136. The lowest BCUT2D eigenvalue weighted by Gasteiger charge is -2.25. The second kappa shape index (κ2) is 9.02. The molecule has 3 aromatic rings. The Morgan fingerprint density at radius 2 is 1.86 bits per heavy atom. The molecule has 0 bridgehead atoms. The van der Waals surface area contributed by atoms with Crippen molar-refractivity contribution in [3.8, 4) is 11.3 Å². The van der Waals surface area contributed by atoms with Crippen LogP contribution in [0.1, 0.15) is 30.7 Å². The molecule has 0 N–H and O–H groups in total. The molecule has 1 aromatic heterocycles. The zero-order chi connectivity index (χ0) is 20.2. The maximum absolute atomic E-state index is 12.8. The Hall–Kier alpha value is -2.30. The number of amides is 1. The first-order valence-electron chi connectivity index (χ1n) is 9.84. The third-order valence-corrected chi connectivity index (χ3v) is 6.05. The minimum Gasteiger partial charge on any atom is -0.441 e. The fourth-order valence-electron chi connectivity index (χ4n) is 3.86. The monoisotopic (exact) mass is 428 g/mol. The van der Waals surface area contributed by atoms with E-state index in [1.807, 2.05) is 53.4 Å². The number of hydrogen-bond acceptors (Lipinski definition) is 3. The van der Waals surface area contributed by atoms with Gasteiger partial charge in [0.25, 0.3) is 0 Å². The largest absolute Gasteiger partial charge is 0.441 e. The van der Waals surface area contributed by atoms with Crippen molar-refractivity contribution in [2.45, 2.75) is 38.1 Å². The molecule has 1 aliphatic rings. The van der Waals surface area contributed by atoms with E-state index in [1.54, 1.807) is 6.20 Å². The molecule has 0 radical (unpaired) electrons. The van der Waals surface area contributed by atoms with Crippen molar-refractivity contribution >= 4 is 29.1 Å². The molecule has 1 atom stereocenters. The van der Waals surface area contributed by atoms with E-state index < -0.39 is 0 Å². The molecule has 150 valence electrons. The van der Waals surface area contributed by atoms with Gasteiger partial charge in [0.2, 0.25) is 5.91 Å². The molecule has 0 aliphatic carbocycles. The summed E-state index contributed by atoms with van der Waals surface area (Å²) in [6.45, 7) is 0.796. The molecule has 1 unspecified atom stereocenters. The van der Waals surface area contributed by atoms with E-state index in [0.29, 0.717) is 29.5 Å². The van der Waals surface area contributed by atoms with E-state index >= 15 is 0 Å². The van der Waals surface area contributed by atoms with Crippen LogP contribution >= 0.6 is 23.2 Å². The Kier molecular flexibility index (Phi) is 6.22. The smallest absolute Gasteiger partial charge is 0.223 e. The molecule has 29 heavy (non-hydrogen) atoms. The van der Waals surface area contributed by atoms with E-state index in [9.17, 15) is 4.79 Å². The van der Waals surface area contributed by atoms with Gasteiger partial charge in [-0.25, -0.2) is 4.98 Å². The Balaban J connectivity index is 1.37. The number of halogens is 2. The number of likely N-dealkylation sites (tertiary alicyclic amines) is 1. The highest BCUT2D eigenvalue weighted by atomic mass is 35.5. The average Bonchev–Trinajstić information content (AvgIpc) is 3.38. The van der Waals surface area contributed by atoms with Gasteiger partial charge in [0.1, 0.15) is 0 Å². The number of carbonyl (C=O) groups is 1. The van der Waals surface area contributed by atoms with E-state index in [1.165, 1.54) is 0 Å². The third kappa shape index (κ3) is 4.65. The van der Waals surface area contributed by atoms with E-state index in [2.05, 4.69) is 4.98 Å². The van der Waals surface area contributed by atoms with Crippen LogP contribution in [0.3, 0.4) is 0 Å². The first-order chi connectivity index (χ1) is 14.1. The lowest BCUT2D eigenvalue weighted by molar-refractivity contribution is -0.132. The SMILES string of the molecule is O=C(CCc1ncc(-c2ccccc2Cl)o1)N1CCCC1Cc1ccccc1Cl. The highest BCUT2D eigenvalue weighted by Gasteiger charge is 2.29. The van der Waals surface area contributed by atoms with Gasteiger partial charge in [0.05, 0.1) is 11.2 Å². The normalized spacial score (nSPS) is 16.3. The summed E-state index contributed by atoms with van der Waals surface area (Å²) in [5.74, 6) is 1.31. The molecule has 2 aromatic carbocycles. The lowest BCUT2D eigenvalue weighted by atomic mass is 10.0. The van der Waals surface area contributed by atoms with Crippen molar-refractivity contribution in [2.24, 2.45) is 0 Å². The van der Waals surface area contributed by atoms with Gasteiger partial charge in [-0.15, -0.1) is 0 Å². The maximum atomic E-state index is 12.8. The van der Waals surface area contributed by atoms with Crippen LogP contribution in [0.5, 0.6) is 0 Å². The van der Waals surface area contributed by atoms with Gasteiger partial charge in [-0.1, -0.05) is 53.5 Å². The molecule has 1 aliphatic heterocycles. The van der Waals surface area contributed by atoms with Gasteiger partial charge >= 0.3 is 0 Å². The van der Waals surface area contributed by atoms with Gasteiger partial charge in [-0.3, -0.25) is 4.79 Å². The Morgan fingerprint density at radius 1 is 1.10 bits per heavy atom. The average molecular weight is 429 g/mol. The van der Waals surface area contributed by atoms with Crippen LogP contribution in [0.2, 0.25) is 10.0 Å². The van der Waals surface area contributed by atoms with Gasteiger partial charge in [-0.05, 0) is 43.0 Å². The molecule has 1 saturated heterocycles. The highest BCUT2D eigenvalue weighted by molar-refractivity contribution is 6.33. The van der Waals surface area contributed by atoms with Crippen molar-refractivity contribution < 1.29 is 9.21 Å². The standard InChI is InChI=1S/C23H22Cl2N2O2/c24-19-9-3-1-6-16(19)14-17-7-5-13-27(17)23(28)12-11-22-26-15-21(29-22)18-8-2-4-10-20(18)25/h1-4,6,8-10,15,17H,5,7,11-14H2. The Labute approximate surface area is 180 Å². The predicted octanol–water partition coefficient (Wildman–Crippen LogP) is 5.81. The van der Waals surface area contributed by atoms with Crippen LogP contribution in [0.25, 0.3) is 11.3 Å². The molecule has 0 spiro atoms. The van der Waals surface area contributed by atoms with Gasteiger partial charge in [0, 0.05) is 36.0 Å². The highest BCUT2D eigenvalue weighted by Crippen LogP contribution is 2.29. The second-order valence-electron chi connectivity index (χ2n) is 7.28. The quantitative estimate of drug-likeness (QED) is 0.497. The van der Waals surface area contributed by atoms with Crippen molar-refractivity contribution in [3.63, 3.8) is 0 Å². The molecule has 4 nitrogen and oxygen atoms in total. The zero-order valence-electron chi connectivity index (χ0n) is 16.0. The van der Waals surface area contributed by atoms with Crippen molar-refractivity contribution in [2.75, 3.05) is 6.54 Å². The van der Waals surface area contributed by atoms with Crippen LogP contribution in [0.15, 0.2) is 59.1 Å². The number of aryl methyl sites for hydroxylation is 1. The number of hydrogen-bond donors (Lipinski definition) is 0. The Morgan fingerprint density at radius 3 is 2.66 bits per heavy atom.